The number of hydrogen-bond acceptors (Lipinski definition) is 2. The molecule has 1 aromatic carbocycles. The van der Waals surface area contributed by atoms with Crippen molar-refractivity contribution in [3.8, 4) is 0 Å². The van der Waals surface area contributed by atoms with E-state index >= 15 is 0 Å². The Balaban J connectivity index is 3.28. The minimum atomic E-state index is -2.30. The molecule has 1 rings (SSSR count). The van der Waals surface area contributed by atoms with Gasteiger partial charge in [-0.25, -0.2) is 0 Å². The summed E-state index contributed by atoms with van der Waals surface area (Å²) in [6.45, 7) is 0. The zero-order valence-corrected chi connectivity index (χ0v) is 10.9. The molecule has 13 heavy (non-hydrogen) atoms. The standard InChI is InChI=1S/C6H4NO2.3CH3.Sn/c8-7(9)6-4-2-1-3-5-6;;;;/h1-4H;3*1H3;. The van der Waals surface area contributed by atoms with Crippen LogP contribution in [0.15, 0.2) is 24.3 Å². The van der Waals surface area contributed by atoms with Gasteiger partial charge in [0, 0.05) is 0 Å². The van der Waals surface area contributed by atoms with Crippen LogP contribution in [0.5, 0.6) is 0 Å². The Bertz CT molecular complexity index is 331. The van der Waals surface area contributed by atoms with E-state index in [1.54, 1.807) is 12.1 Å². The molecule has 0 aromatic heterocycles. The monoisotopic (exact) mass is 287 g/mol. The zero-order valence-electron chi connectivity index (χ0n) is 8.07. The SMILES string of the molecule is [CH3][Sn]([CH3])([CH3])[c]1ccccc1[N+](=O)[O-]. The van der Waals surface area contributed by atoms with Gasteiger partial charge in [-0.3, -0.25) is 0 Å². The molecule has 0 bridgehead atoms. The third-order valence-corrected chi connectivity index (χ3v) is 7.73. The molecule has 0 unspecified atom stereocenters. The molecule has 1 aromatic rings. The van der Waals surface area contributed by atoms with Crippen LogP contribution in [-0.4, -0.2) is 23.3 Å². The van der Waals surface area contributed by atoms with Crippen molar-refractivity contribution >= 4 is 27.6 Å². The summed E-state index contributed by atoms with van der Waals surface area (Å²) in [5.74, 6) is 0. The van der Waals surface area contributed by atoms with Gasteiger partial charge < -0.3 is 0 Å². The van der Waals surface area contributed by atoms with Gasteiger partial charge in [0.15, 0.2) is 0 Å². The van der Waals surface area contributed by atoms with Crippen LogP contribution in [0, 0.1) is 10.1 Å². The summed E-state index contributed by atoms with van der Waals surface area (Å²) >= 11 is -2.30. The second kappa shape index (κ2) is 3.65. The molecule has 0 fully saturated rings. The normalized spacial score (nSPS) is 11.3. The molecule has 0 saturated carbocycles. The van der Waals surface area contributed by atoms with Crippen LogP contribution in [0.25, 0.3) is 0 Å². The molecule has 0 atom stereocenters. The second-order valence-electron chi connectivity index (χ2n) is 4.02. The number of para-hydroxylation sites is 1. The second-order valence-corrected chi connectivity index (χ2v) is 18.4. The van der Waals surface area contributed by atoms with Crippen molar-refractivity contribution in [2.45, 2.75) is 14.8 Å². The van der Waals surface area contributed by atoms with Crippen LogP contribution in [-0.2, 0) is 0 Å². The van der Waals surface area contributed by atoms with Gasteiger partial charge in [-0.15, -0.1) is 0 Å². The van der Waals surface area contributed by atoms with E-state index in [1.165, 1.54) is 0 Å². The molecule has 0 heterocycles. The number of rotatable bonds is 2. The third-order valence-electron chi connectivity index (χ3n) is 1.91. The number of benzene rings is 1. The molecule has 3 nitrogen and oxygen atoms in total. The quantitative estimate of drug-likeness (QED) is 0.475. The van der Waals surface area contributed by atoms with Gasteiger partial charge in [-0.1, -0.05) is 0 Å². The predicted molar refractivity (Wildman–Crippen MR) is 56.1 cm³/mol. The molecule has 0 saturated heterocycles. The van der Waals surface area contributed by atoms with Gasteiger partial charge in [0.1, 0.15) is 0 Å². The van der Waals surface area contributed by atoms with E-state index in [2.05, 4.69) is 14.8 Å². The van der Waals surface area contributed by atoms with Gasteiger partial charge >= 0.3 is 81.8 Å². The van der Waals surface area contributed by atoms with Gasteiger partial charge in [-0.2, -0.15) is 0 Å². The van der Waals surface area contributed by atoms with Crippen molar-refractivity contribution in [2.75, 3.05) is 0 Å². The number of nitrogens with zero attached hydrogens (tertiary/aromatic N) is 1. The summed E-state index contributed by atoms with van der Waals surface area (Å²) < 4.78 is 0.988. The van der Waals surface area contributed by atoms with Crippen molar-refractivity contribution in [3.05, 3.63) is 34.4 Å². The Morgan fingerprint density at radius 3 is 2.15 bits per heavy atom. The summed E-state index contributed by atoms with van der Waals surface area (Å²) in [6.07, 6.45) is 0. The van der Waals surface area contributed by atoms with E-state index in [-0.39, 0.29) is 4.92 Å². The van der Waals surface area contributed by atoms with E-state index in [1.807, 2.05) is 12.1 Å². The van der Waals surface area contributed by atoms with Crippen LogP contribution >= 0.6 is 0 Å². The van der Waals surface area contributed by atoms with E-state index in [4.69, 9.17) is 0 Å². The molecule has 0 aliphatic heterocycles. The van der Waals surface area contributed by atoms with Crippen LogP contribution in [0.3, 0.4) is 0 Å². The summed E-state index contributed by atoms with van der Waals surface area (Å²) in [4.78, 5) is 17.0. The molecular formula is C9H13NO2Sn. The van der Waals surface area contributed by atoms with Crippen molar-refractivity contribution < 1.29 is 4.92 Å². The summed E-state index contributed by atoms with van der Waals surface area (Å²) in [6, 6.07) is 7.09. The number of nitro benzene ring substituents is 1. The first kappa shape index (κ1) is 10.5. The predicted octanol–water partition coefficient (Wildman–Crippen LogP) is 2.14. The zero-order chi connectivity index (χ0) is 10.1. The molecule has 0 spiro atoms. The number of hydrogen-bond donors (Lipinski definition) is 0. The Hall–Kier alpha value is -0.581. The minimum absolute atomic E-state index is 0.280. The molecule has 0 amide bonds. The topological polar surface area (TPSA) is 43.1 Å². The molecule has 4 heteroatoms. The van der Waals surface area contributed by atoms with Crippen molar-refractivity contribution in [2.24, 2.45) is 0 Å². The average molecular weight is 286 g/mol. The summed E-state index contributed by atoms with van der Waals surface area (Å²) in [7, 11) is 0. The molecule has 0 aliphatic rings. The van der Waals surface area contributed by atoms with Crippen molar-refractivity contribution in [1.82, 2.24) is 0 Å². The molecule has 70 valence electrons. The van der Waals surface area contributed by atoms with Crippen molar-refractivity contribution in [1.29, 1.82) is 0 Å². The van der Waals surface area contributed by atoms with E-state index in [0.717, 1.165) is 3.58 Å². The first-order chi connectivity index (χ1) is 5.93. The summed E-state index contributed by atoms with van der Waals surface area (Å²) in [5.41, 5.74) is 0.297. The summed E-state index contributed by atoms with van der Waals surface area (Å²) in [5, 5.41) is 10.7. The Morgan fingerprint density at radius 2 is 1.77 bits per heavy atom. The first-order valence-corrected chi connectivity index (χ1v) is 14.2. The fourth-order valence-corrected chi connectivity index (χ4v) is 5.66. The van der Waals surface area contributed by atoms with Gasteiger partial charge in [0.2, 0.25) is 0 Å². The van der Waals surface area contributed by atoms with Crippen LogP contribution < -0.4 is 3.58 Å². The van der Waals surface area contributed by atoms with E-state index in [9.17, 15) is 10.1 Å². The van der Waals surface area contributed by atoms with E-state index in [0.29, 0.717) is 5.69 Å². The fraction of sp³-hybridized carbons (Fsp3) is 0.333. The van der Waals surface area contributed by atoms with Crippen LogP contribution in [0.1, 0.15) is 0 Å². The molecule has 0 N–H and O–H groups in total. The molecular weight excluding hydrogens is 273 g/mol. The van der Waals surface area contributed by atoms with E-state index < -0.39 is 18.4 Å². The number of nitro groups is 1. The Morgan fingerprint density at radius 1 is 1.23 bits per heavy atom. The van der Waals surface area contributed by atoms with Gasteiger partial charge in [0.25, 0.3) is 0 Å². The van der Waals surface area contributed by atoms with Crippen molar-refractivity contribution in [3.63, 3.8) is 0 Å². The maximum atomic E-state index is 10.7. The van der Waals surface area contributed by atoms with Crippen LogP contribution in [0.2, 0.25) is 14.8 Å². The fourth-order valence-electron chi connectivity index (χ4n) is 1.27. The maximum absolute atomic E-state index is 10.7. The Kier molecular flexibility index (Phi) is 2.95. The van der Waals surface area contributed by atoms with Gasteiger partial charge in [0.05, 0.1) is 0 Å². The van der Waals surface area contributed by atoms with Gasteiger partial charge in [-0.05, 0) is 0 Å². The third kappa shape index (κ3) is 2.43. The van der Waals surface area contributed by atoms with Crippen LogP contribution in [0.4, 0.5) is 5.69 Å². The molecule has 0 aliphatic carbocycles. The molecule has 0 radical (unpaired) electrons. The average Bonchev–Trinajstić information content (AvgIpc) is 2.03. The first-order valence-electron chi connectivity index (χ1n) is 4.17. The Labute approximate surface area is 81.8 Å².